The van der Waals surface area contributed by atoms with Crippen LogP contribution in [-0.4, -0.2) is 46.1 Å². The van der Waals surface area contributed by atoms with Gasteiger partial charge in [0.2, 0.25) is 0 Å². The van der Waals surface area contributed by atoms with Crippen molar-refractivity contribution in [3.63, 3.8) is 0 Å². The number of para-hydroxylation sites is 1. The summed E-state index contributed by atoms with van der Waals surface area (Å²) in [4.78, 5) is 48.7. The molecule has 0 aromatic heterocycles. The molecule has 1 saturated heterocycles. The molecule has 2 amide bonds. The van der Waals surface area contributed by atoms with E-state index < -0.39 is 36.8 Å². The normalized spacial score (nSPS) is 19.6. The van der Waals surface area contributed by atoms with Gasteiger partial charge in [0.05, 0.1) is 41.2 Å². The Bertz CT molecular complexity index is 879. The minimum atomic E-state index is -1.49. The quantitative estimate of drug-likeness (QED) is 0.442. The lowest BCUT2D eigenvalue weighted by molar-refractivity contribution is -0.305. The molecule has 0 saturated carbocycles. The Labute approximate surface area is 150 Å². The first-order valence-corrected chi connectivity index (χ1v) is 8.12. The number of thiocarbonyl (C=S) groups is 1. The number of carboxylic acids is 2. The lowest BCUT2D eigenvalue weighted by Gasteiger charge is -2.17. The molecule has 0 unspecified atom stereocenters. The predicted octanol–water partition coefficient (Wildman–Crippen LogP) is -1.90. The number of carbonyl (C=O) groups excluding carboxylic acids is 4. The molecule has 0 aliphatic carbocycles. The minimum absolute atomic E-state index is 0.00459. The van der Waals surface area contributed by atoms with Gasteiger partial charge in [-0.15, -0.1) is 0 Å². The Hall–Kier alpha value is -2.72. The summed E-state index contributed by atoms with van der Waals surface area (Å²) in [7, 11) is 0. The monoisotopic (exact) mass is 376 g/mol. The highest BCUT2D eigenvalue weighted by atomic mass is 32.2. The molecular weight excluding hydrogens is 368 g/mol. The van der Waals surface area contributed by atoms with Gasteiger partial charge < -0.3 is 24.7 Å². The highest BCUT2D eigenvalue weighted by Crippen LogP contribution is 2.44. The number of carboxylic acid groups (broad SMARTS) is 2. The lowest BCUT2D eigenvalue weighted by Crippen LogP contribution is -2.41. The fourth-order valence-corrected chi connectivity index (χ4v) is 3.93. The van der Waals surface area contributed by atoms with Gasteiger partial charge in [-0.3, -0.25) is 14.5 Å². The Morgan fingerprint density at radius 2 is 1.60 bits per heavy atom. The first-order valence-electron chi connectivity index (χ1n) is 6.90. The highest BCUT2D eigenvalue weighted by Gasteiger charge is 2.41. The molecule has 1 aromatic rings. The number of anilines is 1. The van der Waals surface area contributed by atoms with Gasteiger partial charge in [-0.05, 0) is 6.07 Å². The summed E-state index contributed by atoms with van der Waals surface area (Å²) in [6, 6.07) is 6.38. The third kappa shape index (κ3) is 2.89. The van der Waals surface area contributed by atoms with Gasteiger partial charge in [-0.25, -0.2) is 0 Å². The topological polar surface area (TPSA) is 121 Å². The summed E-state index contributed by atoms with van der Waals surface area (Å²) in [5.41, 5.74) is 0.703. The van der Waals surface area contributed by atoms with Crippen molar-refractivity contribution in [3.05, 3.63) is 34.7 Å². The number of hydrogen-bond donors (Lipinski definition) is 0. The average Bonchev–Trinajstić information content (AvgIpc) is 2.96. The van der Waals surface area contributed by atoms with Crippen molar-refractivity contribution < 1.29 is 29.4 Å². The van der Waals surface area contributed by atoms with Crippen molar-refractivity contribution in [2.24, 2.45) is 0 Å². The van der Waals surface area contributed by atoms with Crippen molar-refractivity contribution >= 4 is 63.3 Å². The molecule has 0 N–H and O–H groups in total. The molecule has 10 heteroatoms. The summed E-state index contributed by atoms with van der Waals surface area (Å²) in [6.45, 7) is -1.39. The van der Waals surface area contributed by atoms with Crippen LogP contribution in [0.1, 0.15) is 5.56 Å². The number of thioether (sulfide) groups is 1. The fraction of sp³-hybridized carbons (Fsp3) is 0.133. The number of aliphatic carboxylic acids is 2. The van der Waals surface area contributed by atoms with Crippen LogP contribution in [0.15, 0.2) is 29.2 Å². The molecule has 0 radical (unpaired) electrons. The standard InChI is InChI=1S/C15H10N2O6S2/c18-9(19)5-16-8-4-2-1-3-7(8)11(13(16)22)12-14(23)17(6-10(20)21)15(24)25-12/h1-4H,5-6H2,(H,18,19)(H,20,21)/p-2/b12-11-. The Balaban J connectivity index is 2.11. The Morgan fingerprint density at radius 1 is 1.00 bits per heavy atom. The van der Waals surface area contributed by atoms with E-state index in [0.717, 1.165) is 21.6 Å². The second-order valence-corrected chi connectivity index (χ2v) is 6.76. The van der Waals surface area contributed by atoms with E-state index in [1.54, 1.807) is 24.3 Å². The Morgan fingerprint density at radius 3 is 2.24 bits per heavy atom. The van der Waals surface area contributed by atoms with Crippen LogP contribution in [0.2, 0.25) is 0 Å². The van der Waals surface area contributed by atoms with Crippen LogP contribution in [0.4, 0.5) is 5.69 Å². The third-order valence-electron chi connectivity index (χ3n) is 3.57. The molecular formula is C15H8N2O6S2-2. The molecule has 0 bridgehead atoms. The zero-order valence-corrected chi connectivity index (χ0v) is 14.0. The van der Waals surface area contributed by atoms with Gasteiger partial charge in [-0.1, -0.05) is 42.2 Å². The summed E-state index contributed by atoms with van der Waals surface area (Å²) in [5.74, 6) is -4.35. The van der Waals surface area contributed by atoms with Crippen molar-refractivity contribution in [1.29, 1.82) is 0 Å². The number of benzene rings is 1. The summed E-state index contributed by atoms with van der Waals surface area (Å²) in [5, 5.41) is 21.7. The second kappa shape index (κ2) is 6.30. The van der Waals surface area contributed by atoms with E-state index in [1.807, 2.05) is 0 Å². The SMILES string of the molecule is O=C([O-])CN1C(=O)/C(=C2/C(=O)N(CC(=O)[O-])c3ccccc32)SC1=S. The van der Waals surface area contributed by atoms with Crippen molar-refractivity contribution in [1.82, 2.24) is 4.90 Å². The van der Waals surface area contributed by atoms with E-state index in [2.05, 4.69) is 0 Å². The summed E-state index contributed by atoms with van der Waals surface area (Å²) < 4.78 is -0.0136. The molecule has 25 heavy (non-hydrogen) atoms. The van der Waals surface area contributed by atoms with Gasteiger partial charge >= 0.3 is 0 Å². The van der Waals surface area contributed by atoms with Gasteiger partial charge in [0.15, 0.2) is 0 Å². The number of rotatable bonds is 4. The van der Waals surface area contributed by atoms with Crippen molar-refractivity contribution in [3.8, 4) is 0 Å². The maximum Gasteiger partial charge on any atom is 0.267 e. The number of nitrogens with zero attached hydrogens (tertiary/aromatic N) is 2. The van der Waals surface area contributed by atoms with Gasteiger partial charge in [0.1, 0.15) is 4.32 Å². The van der Waals surface area contributed by atoms with Crippen molar-refractivity contribution in [2.75, 3.05) is 18.0 Å². The molecule has 3 rings (SSSR count). The van der Waals surface area contributed by atoms with E-state index in [-0.39, 0.29) is 14.8 Å². The second-order valence-electron chi connectivity index (χ2n) is 5.12. The van der Waals surface area contributed by atoms with Crippen LogP contribution in [0, 0.1) is 0 Å². The molecule has 0 spiro atoms. The zero-order valence-electron chi connectivity index (χ0n) is 12.4. The number of hydrogen-bond acceptors (Lipinski definition) is 8. The van der Waals surface area contributed by atoms with E-state index in [0.29, 0.717) is 11.3 Å². The number of fused-ring (bicyclic) bond motifs is 1. The van der Waals surface area contributed by atoms with Crippen LogP contribution in [0.3, 0.4) is 0 Å². The minimum Gasteiger partial charge on any atom is -0.548 e. The van der Waals surface area contributed by atoms with Crippen LogP contribution in [-0.2, 0) is 19.2 Å². The maximum absolute atomic E-state index is 12.7. The smallest absolute Gasteiger partial charge is 0.267 e. The molecule has 128 valence electrons. The molecule has 8 nitrogen and oxygen atoms in total. The Kier molecular flexibility index (Phi) is 4.31. The average molecular weight is 376 g/mol. The van der Waals surface area contributed by atoms with Crippen LogP contribution >= 0.6 is 24.0 Å². The molecule has 1 aromatic carbocycles. The van der Waals surface area contributed by atoms with Gasteiger partial charge in [0.25, 0.3) is 11.8 Å². The molecule has 2 aliphatic rings. The van der Waals surface area contributed by atoms with E-state index >= 15 is 0 Å². The van der Waals surface area contributed by atoms with E-state index in [1.165, 1.54) is 0 Å². The summed E-state index contributed by atoms with van der Waals surface area (Å²) >= 11 is 5.79. The van der Waals surface area contributed by atoms with E-state index in [9.17, 15) is 29.4 Å². The first kappa shape index (κ1) is 17.1. The third-order valence-corrected chi connectivity index (χ3v) is 5.02. The van der Waals surface area contributed by atoms with Gasteiger partial charge in [-0.2, -0.15) is 0 Å². The predicted molar refractivity (Wildman–Crippen MR) is 87.6 cm³/mol. The lowest BCUT2D eigenvalue weighted by atomic mass is 10.1. The largest absolute Gasteiger partial charge is 0.548 e. The fourth-order valence-electron chi connectivity index (χ4n) is 2.60. The summed E-state index contributed by atoms with van der Waals surface area (Å²) in [6.07, 6.45) is 0. The number of carbonyl (C=O) groups is 4. The van der Waals surface area contributed by atoms with Crippen LogP contribution < -0.4 is 15.1 Å². The zero-order chi connectivity index (χ0) is 18.3. The number of amides is 2. The van der Waals surface area contributed by atoms with Crippen LogP contribution in [0.25, 0.3) is 5.57 Å². The van der Waals surface area contributed by atoms with Crippen LogP contribution in [0.5, 0.6) is 0 Å². The van der Waals surface area contributed by atoms with Gasteiger partial charge in [0, 0.05) is 5.56 Å². The molecule has 2 aliphatic heterocycles. The maximum atomic E-state index is 12.7. The molecule has 0 atom stereocenters. The molecule has 2 heterocycles. The first-order chi connectivity index (χ1) is 11.8. The van der Waals surface area contributed by atoms with E-state index in [4.69, 9.17) is 12.2 Å². The molecule has 1 fully saturated rings. The highest BCUT2D eigenvalue weighted by molar-refractivity contribution is 8.26. The van der Waals surface area contributed by atoms with Crippen molar-refractivity contribution in [2.45, 2.75) is 0 Å².